The van der Waals surface area contributed by atoms with Crippen molar-refractivity contribution in [2.45, 2.75) is 12.6 Å². The van der Waals surface area contributed by atoms with Crippen LogP contribution in [0.3, 0.4) is 0 Å². The Morgan fingerprint density at radius 3 is 3.11 bits per heavy atom. The fourth-order valence-corrected chi connectivity index (χ4v) is 1.92. The van der Waals surface area contributed by atoms with Crippen LogP contribution in [0.5, 0.6) is 0 Å². The van der Waals surface area contributed by atoms with Crippen molar-refractivity contribution in [2.75, 3.05) is 20.3 Å². The fraction of sp³-hybridized carbons (Fsp3) is 0.385. The molecule has 1 N–H and O–H groups in total. The maximum atomic E-state index is 11.4. The summed E-state index contributed by atoms with van der Waals surface area (Å²) in [5.74, 6) is -0.492. The number of carbonyl (C=O) groups is 1. The van der Waals surface area contributed by atoms with E-state index in [1.165, 1.54) is 7.11 Å². The number of nitrogens with one attached hydrogen (secondary N) is 1. The number of nitriles is 1. The molecule has 0 spiro atoms. The van der Waals surface area contributed by atoms with Gasteiger partial charge in [-0.2, -0.15) is 5.26 Å². The molecule has 5 nitrogen and oxygen atoms in total. The molecule has 1 unspecified atom stereocenters. The summed E-state index contributed by atoms with van der Waals surface area (Å²) in [6.45, 7) is 1.55. The second-order valence-electron chi connectivity index (χ2n) is 4.00. The Morgan fingerprint density at radius 1 is 1.67 bits per heavy atom. The largest absolute Gasteiger partial charge is 0.465 e. The van der Waals surface area contributed by atoms with Gasteiger partial charge in [-0.05, 0) is 17.7 Å². The summed E-state index contributed by atoms with van der Waals surface area (Å²) >= 11 is 0. The molecule has 5 heteroatoms. The lowest BCUT2D eigenvalue weighted by atomic mass is 10.0. The van der Waals surface area contributed by atoms with Crippen LogP contribution in [0.25, 0.3) is 0 Å². The van der Waals surface area contributed by atoms with E-state index in [4.69, 9.17) is 10.00 Å². The molecule has 1 atom stereocenters. The highest BCUT2D eigenvalue weighted by Gasteiger charge is 2.17. The van der Waals surface area contributed by atoms with E-state index in [1.807, 2.05) is 12.1 Å². The minimum atomic E-state index is -0.492. The molecule has 0 saturated carbocycles. The minimum Gasteiger partial charge on any atom is -0.465 e. The highest BCUT2D eigenvalue weighted by atomic mass is 16.5. The number of hydrogen-bond donors (Lipinski definition) is 1. The standard InChI is InChI=1S/C13H14N2O3/c1-17-13(16)11-3-2-9(6-10(11)8-14)7-12-15-4-5-18-12/h2-3,6,12,15H,4-5,7H2,1H3. The van der Waals surface area contributed by atoms with Crippen molar-refractivity contribution in [3.05, 3.63) is 34.9 Å². The van der Waals surface area contributed by atoms with E-state index in [-0.39, 0.29) is 6.23 Å². The number of esters is 1. The zero-order valence-electron chi connectivity index (χ0n) is 10.1. The zero-order chi connectivity index (χ0) is 13.0. The fourth-order valence-electron chi connectivity index (χ4n) is 1.92. The third-order valence-electron chi connectivity index (χ3n) is 2.82. The van der Waals surface area contributed by atoms with Crippen molar-refractivity contribution in [1.82, 2.24) is 5.32 Å². The summed E-state index contributed by atoms with van der Waals surface area (Å²) in [6, 6.07) is 7.15. The molecule has 1 aliphatic rings. The number of hydrogen-bond acceptors (Lipinski definition) is 5. The van der Waals surface area contributed by atoms with Gasteiger partial charge in [0.1, 0.15) is 12.3 Å². The number of methoxy groups -OCH3 is 1. The second-order valence-corrected chi connectivity index (χ2v) is 4.00. The van der Waals surface area contributed by atoms with Gasteiger partial charge >= 0.3 is 5.97 Å². The molecule has 0 aromatic heterocycles. The zero-order valence-corrected chi connectivity index (χ0v) is 10.1. The summed E-state index contributed by atoms with van der Waals surface area (Å²) in [5.41, 5.74) is 1.58. The van der Waals surface area contributed by atoms with Gasteiger partial charge in [-0.25, -0.2) is 4.79 Å². The van der Waals surface area contributed by atoms with Gasteiger partial charge in [0.2, 0.25) is 0 Å². The van der Waals surface area contributed by atoms with Crippen molar-refractivity contribution in [3.8, 4) is 6.07 Å². The first-order chi connectivity index (χ1) is 8.74. The van der Waals surface area contributed by atoms with E-state index in [0.717, 1.165) is 12.1 Å². The SMILES string of the molecule is COC(=O)c1ccc(CC2NCCO2)cc1C#N. The van der Waals surface area contributed by atoms with Crippen LogP contribution in [-0.2, 0) is 15.9 Å². The lowest BCUT2D eigenvalue weighted by Gasteiger charge is -2.10. The number of benzene rings is 1. The van der Waals surface area contributed by atoms with Crippen LogP contribution in [0.15, 0.2) is 18.2 Å². The Morgan fingerprint density at radius 2 is 2.50 bits per heavy atom. The van der Waals surface area contributed by atoms with Gasteiger partial charge in [0.25, 0.3) is 0 Å². The van der Waals surface area contributed by atoms with E-state index in [9.17, 15) is 4.79 Å². The van der Waals surface area contributed by atoms with Crippen LogP contribution in [-0.4, -0.2) is 32.5 Å². The Labute approximate surface area is 105 Å². The molecule has 0 bridgehead atoms. The molecule has 1 aliphatic heterocycles. The Bertz CT molecular complexity index is 487. The van der Waals surface area contributed by atoms with Gasteiger partial charge in [-0.3, -0.25) is 5.32 Å². The number of ether oxygens (including phenoxy) is 2. The molecule has 0 aliphatic carbocycles. The van der Waals surface area contributed by atoms with Gasteiger partial charge in [0.15, 0.2) is 0 Å². The monoisotopic (exact) mass is 246 g/mol. The number of carbonyl (C=O) groups excluding carboxylic acids is 1. The van der Waals surface area contributed by atoms with Crippen LogP contribution in [0.4, 0.5) is 0 Å². The molecule has 2 rings (SSSR count). The third kappa shape index (κ3) is 2.67. The van der Waals surface area contributed by atoms with E-state index >= 15 is 0 Å². The molecule has 1 fully saturated rings. The first-order valence-electron chi connectivity index (χ1n) is 5.71. The first-order valence-corrected chi connectivity index (χ1v) is 5.71. The summed E-state index contributed by atoms with van der Waals surface area (Å²) in [4.78, 5) is 11.4. The van der Waals surface area contributed by atoms with Crippen LogP contribution in [0.2, 0.25) is 0 Å². The molecule has 1 aromatic rings. The predicted octanol–water partition coefficient (Wildman–Crippen LogP) is 0.833. The summed E-state index contributed by atoms with van der Waals surface area (Å²) in [7, 11) is 1.30. The summed E-state index contributed by atoms with van der Waals surface area (Å²) < 4.78 is 10.1. The maximum Gasteiger partial charge on any atom is 0.339 e. The molecule has 1 saturated heterocycles. The maximum absolute atomic E-state index is 11.4. The van der Waals surface area contributed by atoms with Crippen LogP contribution in [0, 0.1) is 11.3 Å². The Kier molecular flexibility index (Phi) is 3.92. The Balaban J connectivity index is 2.19. The molecule has 0 radical (unpaired) electrons. The summed E-state index contributed by atoms with van der Waals surface area (Å²) in [6.07, 6.45) is 0.663. The van der Waals surface area contributed by atoms with Crippen molar-refractivity contribution in [2.24, 2.45) is 0 Å². The molecular weight excluding hydrogens is 232 g/mol. The van der Waals surface area contributed by atoms with Gasteiger partial charge < -0.3 is 9.47 Å². The highest BCUT2D eigenvalue weighted by Crippen LogP contribution is 2.15. The lowest BCUT2D eigenvalue weighted by molar-refractivity contribution is 0.0600. The third-order valence-corrected chi connectivity index (χ3v) is 2.82. The topological polar surface area (TPSA) is 71.3 Å². The average Bonchev–Trinajstić information content (AvgIpc) is 2.90. The van der Waals surface area contributed by atoms with Gasteiger partial charge in [0, 0.05) is 13.0 Å². The number of nitrogens with zero attached hydrogens (tertiary/aromatic N) is 1. The van der Waals surface area contributed by atoms with Gasteiger partial charge in [-0.15, -0.1) is 0 Å². The van der Waals surface area contributed by atoms with Crippen molar-refractivity contribution in [1.29, 1.82) is 5.26 Å². The summed E-state index contributed by atoms with van der Waals surface area (Å²) in [5, 5.41) is 12.2. The molecule has 18 heavy (non-hydrogen) atoms. The molecule has 0 amide bonds. The van der Waals surface area contributed by atoms with Crippen LogP contribution < -0.4 is 5.32 Å². The minimum absolute atomic E-state index is 0.0134. The molecule has 1 aromatic carbocycles. The normalized spacial score (nSPS) is 18.3. The first kappa shape index (κ1) is 12.6. The quantitative estimate of drug-likeness (QED) is 0.800. The van der Waals surface area contributed by atoms with E-state index in [0.29, 0.717) is 24.2 Å². The van der Waals surface area contributed by atoms with E-state index < -0.39 is 5.97 Å². The predicted molar refractivity (Wildman–Crippen MR) is 63.9 cm³/mol. The Hall–Kier alpha value is -1.90. The highest BCUT2D eigenvalue weighted by molar-refractivity contribution is 5.92. The lowest BCUT2D eigenvalue weighted by Crippen LogP contribution is -2.25. The van der Waals surface area contributed by atoms with Crippen LogP contribution in [0.1, 0.15) is 21.5 Å². The van der Waals surface area contributed by atoms with Crippen molar-refractivity contribution < 1.29 is 14.3 Å². The number of rotatable bonds is 3. The second kappa shape index (κ2) is 5.63. The van der Waals surface area contributed by atoms with Crippen LogP contribution >= 0.6 is 0 Å². The van der Waals surface area contributed by atoms with Gasteiger partial charge in [-0.1, -0.05) is 6.07 Å². The molecule has 94 valence electrons. The van der Waals surface area contributed by atoms with E-state index in [1.54, 1.807) is 12.1 Å². The van der Waals surface area contributed by atoms with E-state index in [2.05, 4.69) is 10.1 Å². The molecular formula is C13H14N2O3. The van der Waals surface area contributed by atoms with Gasteiger partial charge in [0.05, 0.1) is 24.8 Å². The molecule has 1 heterocycles. The smallest absolute Gasteiger partial charge is 0.339 e. The van der Waals surface area contributed by atoms with Crippen molar-refractivity contribution >= 4 is 5.97 Å². The average molecular weight is 246 g/mol. The van der Waals surface area contributed by atoms with Crippen molar-refractivity contribution in [3.63, 3.8) is 0 Å².